The second-order valence-corrected chi connectivity index (χ2v) is 2.80. The summed E-state index contributed by atoms with van der Waals surface area (Å²) in [5.41, 5.74) is 0. The van der Waals surface area contributed by atoms with Gasteiger partial charge in [-0.15, -0.1) is 0 Å². The summed E-state index contributed by atoms with van der Waals surface area (Å²) in [7, 11) is 0. The van der Waals surface area contributed by atoms with Crippen molar-refractivity contribution in [3.63, 3.8) is 0 Å². The summed E-state index contributed by atoms with van der Waals surface area (Å²) in [6, 6.07) is 0. The summed E-state index contributed by atoms with van der Waals surface area (Å²) >= 11 is 0. The summed E-state index contributed by atoms with van der Waals surface area (Å²) in [5.74, 6) is -1.96. The van der Waals surface area contributed by atoms with Crippen LogP contribution in [0.15, 0.2) is 25.3 Å². The summed E-state index contributed by atoms with van der Waals surface area (Å²) in [4.78, 5) is 27.6. The maximum atomic E-state index is 9.25. The van der Waals surface area contributed by atoms with Crippen molar-refractivity contribution in [3.8, 4) is 0 Å². The van der Waals surface area contributed by atoms with Crippen molar-refractivity contribution in [2.45, 2.75) is 26.7 Å². The molecule has 0 aliphatic heterocycles. The topological polar surface area (TPSA) is 102 Å². The number of rotatable bonds is 8. The van der Waals surface area contributed by atoms with E-state index in [1.54, 1.807) is 0 Å². The van der Waals surface area contributed by atoms with E-state index in [4.69, 9.17) is 10.2 Å². The lowest BCUT2D eigenvalue weighted by atomic mass is 10.5. The van der Waals surface area contributed by atoms with Gasteiger partial charge in [-0.3, -0.25) is 0 Å². The molecule has 0 saturated heterocycles. The zero-order valence-corrected chi connectivity index (χ0v) is 11.3. The monoisotopic (exact) mass is 278 g/mol. The van der Waals surface area contributed by atoms with Crippen LogP contribution in [0.5, 0.6) is 0 Å². The molecule has 19 heavy (non-hydrogen) atoms. The molecule has 0 atom stereocenters. The summed E-state index contributed by atoms with van der Waals surface area (Å²) in [6.07, 6.45) is 3.55. The van der Waals surface area contributed by atoms with Crippen LogP contribution in [0.2, 0.25) is 0 Å². The van der Waals surface area contributed by atoms with Gasteiger partial charge in [-0.25, -0.2) is 19.4 Å². The third-order valence-electron chi connectivity index (χ3n) is 1.02. The fourth-order valence-corrected chi connectivity index (χ4v) is 0.269. The van der Waals surface area contributed by atoms with Crippen LogP contribution >= 0.6 is 0 Å². The van der Waals surface area contributed by atoms with Gasteiger partial charge in [-0.1, -0.05) is 32.0 Å². The molecule has 112 valence electrons. The Labute approximate surface area is 112 Å². The van der Waals surface area contributed by atoms with Gasteiger partial charge >= 0.3 is 11.9 Å². The van der Waals surface area contributed by atoms with Crippen molar-refractivity contribution < 1.29 is 34.6 Å². The number of aliphatic carboxylic acids is 2. The standard InChI is InChI=1S/C6H14O3.2C3H4O2/c1-3-5-7-9-8-6-4-2;2*1-2-3(4)5/h3-6H2,1-2H3;2*2H,1H2,(H,4,5). The largest absolute Gasteiger partial charge is 0.478 e. The Morgan fingerprint density at radius 1 is 0.947 bits per heavy atom. The van der Waals surface area contributed by atoms with Gasteiger partial charge in [0.2, 0.25) is 0 Å². The van der Waals surface area contributed by atoms with Crippen LogP contribution in [0, 0.1) is 0 Å². The molecule has 0 unspecified atom stereocenters. The Kier molecular flexibility index (Phi) is 25.5. The normalized spacial score (nSPS) is 8.11. The molecule has 0 aliphatic carbocycles. The highest BCUT2D eigenvalue weighted by molar-refractivity contribution is 5.79. The van der Waals surface area contributed by atoms with Crippen molar-refractivity contribution in [2.75, 3.05) is 13.2 Å². The third-order valence-corrected chi connectivity index (χ3v) is 1.02. The molecule has 0 heterocycles. The molecule has 0 rings (SSSR count). The predicted molar refractivity (Wildman–Crippen MR) is 69.2 cm³/mol. The summed E-state index contributed by atoms with van der Waals surface area (Å²) < 4.78 is 0. The minimum Gasteiger partial charge on any atom is -0.478 e. The Morgan fingerprint density at radius 2 is 1.21 bits per heavy atom. The van der Waals surface area contributed by atoms with E-state index < -0.39 is 11.9 Å². The van der Waals surface area contributed by atoms with Crippen molar-refractivity contribution in [1.82, 2.24) is 0 Å². The first-order valence-electron chi connectivity index (χ1n) is 5.57. The van der Waals surface area contributed by atoms with Gasteiger partial charge in [0, 0.05) is 12.2 Å². The Morgan fingerprint density at radius 3 is 1.37 bits per heavy atom. The van der Waals surface area contributed by atoms with E-state index in [-0.39, 0.29) is 0 Å². The number of carboxylic acid groups (broad SMARTS) is 2. The minimum atomic E-state index is -0.981. The smallest absolute Gasteiger partial charge is 0.327 e. The van der Waals surface area contributed by atoms with E-state index in [0.717, 1.165) is 25.0 Å². The van der Waals surface area contributed by atoms with E-state index >= 15 is 0 Å². The van der Waals surface area contributed by atoms with Gasteiger partial charge in [0.15, 0.2) is 0 Å². The van der Waals surface area contributed by atoms with E-state index in [2.05, 4.69) is 28.0 Å². The van der Waals surface area contributed by atoms with Gasteiger partial charge < -0.3 is 10.2 Å². The molecule has 2 N–H and O–H groups in total. The van der Waals surface area contributed by atoms with Crippen LogP contribution in [-0.2, 0) is 24.4 Å². The molecule has 0 amide bonds. The first kappa shape index (κ1) is 22.5. The van der Waals surface area contributed by atoms with Crippen LogP contribution in [0.25, 0.3) is 0 Å². The zero-order valence-electron chi connectivity index (χ0n) is 11.3. The van der Waals surface area contributed by atoms with Crippen molar-refractivity contribution >= 4 is 11.9 Å². The maximum Gasteiger partial charge on any atom is 0.327 e. The summed E-state index contributed by atoms with van der Waals surface area (Å²) in [5, 5.41) is 19.5. The van der Waals surface area contributed by atoms with Gasteiger partial charge in [0.05, 0.1) is 13.2 Å². The van der Waals surface area contributed by atoms with E-state index in [1.807, 2.05) is 13.8 Å². The van der Waals surface area contributed by atoms with Crippen LogP contribution < -0.4 is 0 Å². The van der Waals surface area contributed by atoms with Gasteiger partial charge in [-0.05, 0) is 12.8 Å². The molecule has 0 aromatic rings. The lowest BCUT2D eigenvalue weighted by Gasteiger charge is -1.98. The number of hydrogen-bond acceptors (Lipinski definition) is 5. The predicted octanol–water partition coefficient (Wildman–Crippen LogP) is 2.20. The highest BCUT2D eigenvalue weighted by atomic mass is 17.5. The maximum absolute atomic E-state index is 9.25. The van der Waals surface area contributed by atoms with Crippen LogP contribution in [0.1, 0.15) is 26.7 Å². The SMILES string of the molecule is C=CC(=O)O.C=CC(=O)O.CCCOOOCCC. The van der Waals surface area contributed by atoms with Crippen LogP contribution in [0.3, 0.4) is 0 Å². The van der Waals surface area contributed by atoms with E-state index in [9.17, 15) is 9.59 Å². The Bertz CT molecular complexity index is 214. The van der Waals surface area contributed by atoms with Crippen molar-refractivity contribution in [3.05, 3.63) is 25.3 Å². The lowest BCUT2D eigenvalue weighted by molar-refractivity contribution is -0.512. The second kappa shape index (κ2) is 21.6. The summed E-state index contributed by atoms with van der Waals surface area (Å²) in [6.45, 7) is 11.1. The number of carbonyl (C=O) groups is 2. The molecule has 0 spiro atoms. The second-order valence-electron chi connectivity index (χ2n) is 2.80. The van der Waals surface area contributed by atoms with Gasteiger partial charge in [0.25, 0.3) is 0 Å². The third kappa shape index (κ3) is 48.4. The fourth-order valence-electron chi connectivity index (χ4n) is 0.269. The molecular weight excluding hydrogens is 256 g/mol. The Balaban J connectivity index is -0.000000219. The van der Waals surface area contributed by atoms with Crippen LogP contribution in [-0.4, -0.2) is 35.4 Å². The van der Waals surface area contributed by atoms with Gasteiger partial charge in [-0.2, -0.15) is 0 Å². The highest BCUT2D eigenvalue weighted by Crippen LogP contribution is 1.85. The molecule has 0 fully saturated rings. The molecule has 0 bridgehead atoms. The van der Waals surface area contributed by atoms with Crippen molar-refractivity contribution in [2.24, 2.45) is 0 Å². The number of hydrogen-bond donors (Lipinski definition) is 2. The van der Waals surface area contributed by atoms with E-state index in [1.165, 1.54) is 0 Å². The van der Waals surface area contributed by atoms with Gasteiger partial charge in [0.1, 0.15) is 0 Å². The quantitative estimate of drug-likeness (QED) is 0.303. The average molecular weight is 278 g/mol. The van der Waals surface area contributed by atoms with E-state index in [0.29, 0.717) is 13.2 Å². The molecule has 0 saturated carbocycles. The molecule has 7 nitrogen and oxygen atoms in total. The first-order valence-corrected chi connectivity index (χ1v) is 5.57. The molecule has 0 radical (unpaired) electrons. The lowest BCUT2D eigenvalue weighted by Crippen LogP contribution is -1.97. The highest BCUT2D eigenvalue weighted by Gasteiger charge is 1.84. The molecule has 0 aromatic heterocycles. The first-order chi connectivity index (χ1) is 8.95. The average Bonchev–Trinajstić information content (AvgIpc) is 2.40. The fraction of sp³-hybridized carbons (Fsp3) is 0.500. The van der Waals surface area contributed by atoms with Crippen LogP contribution in [0.4, 0.5) is 0 Å². The Hall–Kier alpha value is -1.70. The zero-order chi connectivity index (χ0) is 15.5. The van der Waals surface area contributed by atoms with Crippen molar-refractivity contribution in [1.29, 1.82) is 0 Å². The molecule has 0 aliphatic rings. The molecular formula is C12H22O7. The molecule has 7 heteroatoms. The minimum absolute atomic E-state index is 0.587. The number of carboxylic acids is 2. The molecule has 0 aromatic carbocycles.